The number of rotatable bonds is 6. The van der Waals surface area contributed by atoms with Gasteiger partial charge >= 0.3 is 0 Å². The van der Waals surface area contributed by atoms with E-state index in [0.717, 1.165) is 29.1 Å². The van der Waals surface area contributed by atoms with E-state index in [1.807, 2.05) is 54.1 Å². The van der Waals surface area contributed by atoms with E-state index in [1.54, 1.807) is 12.4 Å². The minimum Gasteiger partial charge on any atom is -0.348 e. The summed E-state index contributed by atoms with van der Waals surface area (Å²) in [5.74, 6) is 0.331. The Morgan fingerprint density at radius 3 is 2.46 bits per heavy atom. The van der Waals surface area contributed by atoms with Crippen molar-refractivity contribution in [3.63, 3.8) is 0 Å². The molecular weight excluding hydrogens is 324 g/mol. The predicted octanol–water partition coefficient (Wildman–Crippen LogP) is 3.70. The molecule has 0 unspecified atom stereocenters. The number of carbonyl (C=O) groups is 1. The van der Waals surface area contributed by atoms with Crippen LogP contribution in [0.2, 0.25) is 0 Å². The van der Waals surface area contributed by atoms with Crippen molar-refractivity contribution in [2.45, 2.75) is 33.7 Å². The number of pyridine rings is 1. The van der Waals surface area contributed by atoms with E-state index in [-0.39, 0.29) is 5.91 Å². The number of nitrogens with one attached hydrogen (secondary N) is 1. The maximum atomic E-state index is 12.9. The van der Waals surface area contributed by atoms with E-state index in [9.17, 15) is 4.79 Å². The second kappa shape index (κ2) is 7.95. The van der Waals surface area contributed by atoms with Gasteiger partial charge in [0.1, 0.15) is 0 Å². The van der Waals surface area contributed by atoms with Crippen LogP contribution in [0.5, 0.6) is 0 Å². The standard InChI is InChI=1S/C21H24N4O/c1-15(2)13-19-20(21(26)23-14-17-9-11-22-12-10-17)16(3)25(24-19)18-7-5-4-6-8-18/h4-12,15H,13-14H2,1-3H3,(H,23,26). The van der Waals surface area contributed by atoms with E-state index >= 15 is 0 Å². The maximum Gasteiger partial charge on any atom is 0.255 e. The van der Waals surface area contributed by atoms with E-state index in [0.29, 0.717) is 18.0 Å². The SMILES string of the molecule is Cc1c(C(=O)NCc2ccncc2)c(CC(C)C)nn1-c1ccccc1. The second-order valence-corrected chi connectivity index (χ2v) is 6.79. The molecule has 3 rings (SSSR count). The van der Waals surface area contributed by atoms with Crippen molar-refractivity contribution >= 4 is 5.91 Å². The van der Waals surface area contributed by atoms with Gasteiger partial charge in [-0.25, -0.2) is 4.68 Å². The van der Waals surface area contributed by atoms with Crippen LogP contribution in [0, 0.1) is 12.8 Å². The van der Waals surface area contributed by atoms with E-state index < -0.39 is 0 Å². The lowest BCUT2D eigenvalue weighted by Gasteiger charge is -2.08. The Morgan fingerprint density at radius 1 is 1.12 bits per heavy atom. The van der Waals surface area contributed by atoms with Gasteiger partial charge in [-0.05, 0) is 49.1 Å². The third kappa shape index (κ3) is 3.99. The zero-order chi connectivity index (χ0) is 18.5. The number of carbonyl (C=O) groups excluding carboxylic acids is 1. The first-order valence-electron chi connectivity index (χ1n) is 8.87. The minimum atomic E-state index is -0.0860. The zero-order valence-electron chi connectivity index (χ0n) is 15.4. The van der Waals surface area contributed by atoms with Crippen LogP contribution < -0.4 is 5.32 Å². The lowest BCUT2D eigenvalue weighted by atomic mass is 10.0. The molecule has 134 valence electrons. The molecule has 0 saturated heterocycles. The molecule has 0 bridgehead atoms. The molecule has 0 spiro atoms. The fraction of sp³-hybridized carbons (Fsp3) is 0.286. The highest BCUT2D eigenvalue weighted by Crippen LogP contribution is 2.21. The van der Waals surface area contributed by atoms with Gasteiger partial charge in [-0.3, -0.25) is 9.78 Å². The fourth-order valence-electron chi connectivity index (χ4n) is 2.98. The summed E-state index contributed by atoms with van der Waals surface area (Å²) >= 11 is 0. The van der Waals surface area contributed by atoms with Gasteiger partial charge in [-0.2, -0.15) is 5.10 Å². The first-order valence-corrected chi connectivity index (χ1v) is 8.87. The molecule has 2 heterocycles. The Balaban J connectivity index is 1.91. The Bertz CT molecular complexity index is 870. The minimum absolute atomic E-state index is 0.0860. The largest absolute Gasteiger partial charge is 0.348 e. The molecule has 1 aromatic carbocycles. The van der Waals surface area contributed by atoms with Crippen LogP contribution in [0.15, 0.2) is 54.9 Å². The van der Waals surface area contributed by atoms with Crippen LogP contribution in [-0.2, 0) is 13.0 Å². The molecule has 0 aliphatic carbocycles. The van der Waals surface area contributed by atoms with Crippen LogP contribution in [0.25, 0.3) is 5.69 Å². The van der Waals surface area contributed by atoms with Gasteiger partial charge in [0.05, 0.1) is 22.6 Å². The van der Waals surface area contributed by atoms with Gasteiger partial charge in [0.15, 0.2) is 0 Å². The molecule has 2 aromatic heterocycles. The Morgan fingerprint density at radius 2 is 1.81 bits per heavy atom. The Kier molecular flexibility index (Phi) is 5.46. The molecule has 0 saturated carbocycles. The number of amides is 1. The average Bonchev–Trinajstić information content (AvgIpc) is 2.97. The van der Waals surface area contributed by atoms with Crippen molar-refractivity contribution in [3.8, 4) is 5.69 Å². The number of hydrogen-bond donors (Lipinski definition) is 1. The van der Waals surface area contributed by atoms with Gasteiger partial charge < -0.3 is 5.32 Å². The molecule has 0 fully saturated rings. The van der Waals surface area contributed by atoms with Gasteiger partial charge in [0, 0.05) is 18.9 Å². The molecule has 0 aliphatic heterocycles. The fourth-order valence-corrected chi connectivity index (χ4v) is 2.98. The molecule has 0 aliphatic rings. The number of nitrogens with zero attached hydrogens (tertiary/aromatic N) is 3. The molecule has 1 N–H and O–H groups in total. The summed E-state index contributed by atoms with van der Waals surface area (Å²) in [6.45, 7) is 6.69. The average molecular weight is 348 g/mol. The molecule has 26 heavy (non-hydrogen) atoms. The summed E-state index contributed by atoms with van der Waals surface area (Å²) < 4.78 is 1.86. The monoisotopic (exact) mass is 348 g/mol. The van der Waals surface area contributed by atoms with Gasteiger partial charge in [0.2, 0.25) is 0 Å². The van der Waals surface area contributed by atoms with Crippen LogP contribution >= 0.6 is 0 Å². The van der Waals surface area contributed by atoms with Gasteiger partial charge in [0.25, 0.3) is 5.91 Å². The highest BCUT2D eigenvalue weighted by molar-refractivity contribution is 5.96. The van der Waals surface area contributed by atoms with Crippen LogP contribution in [0.1, 0.15) is 41.2 Å². The Hall–Kier alpha value is -2.95. The van der Waals surface area contributed by atoms with Crippen LogP contribution in [-0.4, -0.2) is 20.7 Å². The van der Waals surface area contributed by atoms with Gasteiger partial charge in [-0.1, -0.05) is 32.0 Å². The summed E-state index contributed by atoms with van der Waals surface area (Å²) in [6, 6.07) is 13.7. The quantitative estimate of drug-likeness (QED) is 0.739. The Labute approximate surface area is 154 Å². The second-order valence-electron chi connectivity index (χ2n) is 6.79. The van der Waals surface area contributed by atoms with Crippen molar-refractivity contribution in [2.75, 3.05) is 0 Å². The number of hydrogen-bond acceptors (Lipinski definition) is 3. The summed E-state index contributed by atoms with van der Waals surface area (Å²) in [5.41, 5.74) is 4.36. The van der Waals surface area contributed by atoms with Crippen molar-refractivity contribution in [1.82, 2.24) is 20.1 Å². The summed E-state index contributed by atoms with van der Waals surface area (Å²) in [6.07, 6.45) is 4.22. The molecule has 0 radical (unpaired) electrons. The number of benzene rings is 1. The summed E-state index contributed by atoms with van der Waals surface area (Å²) in [5, 5.41) is 7.76. The third-order valence-corrected chi connectivity index (χ3v) is 4.22. The first-order chi connectivity index (χ1) is 12.6. The molecule has 1 amide bonds. The van der Waals surface area contributed by atoms with Crippen molar-refractivity contribution in [1.29, 1.82) is 0 Å². The predicted molar refractivity (Wildman–Crippen MR) is 102 cm³/mol. The lowest BCUT2D eigenvalue weighted by Crippen LogP contribution is -2.24. The molecule has 5 nitrogen and oxygen atoms in total. The normalized spacial score (nSPS) is 10.9. The lowest BCUT2D eigenvalue weighted by molar-refractivity contribution is 0.0949. The van der Waals surface area contributed by atoms with Gasteiger partial charge in [-0.15, -0.1) is 0 Å². The molecule has 5 heteroatoms. The zero-order valence-corrected chi connectivity index (χ0v) is 15.4. The number of para-hydroxylation sites is 1. The van der Waals surface area contributed by atoms with E-state index in [2.05, 4.69) is 24.1 Å². The van der Waals surface area contributed by atoms with Crippen molar-refractivity contribution < 1.29 is 4.79 Å². The topological polar surface area (TPSA) is 59.8 Å². The van der Waals surface area contributed by atoms with E-state index in [1.165, 1.54) is 0 Å². The van der Waals surface area contributed by atoms with Crippen LogP contribution in [0.3, 0.4) is 0 Å². The highest BCUT2D eigenvalue weighted by Gasteiger charge is 2.22. The molecule has 3 aromatic rings. The van der Waals surface area contributed by atoms with Crippen molar-refractivity contribution in [2.24, 2.45) is 5.92 Å². The first kappa shape index (κ1) is 17.9. The van der Waals surface area contributed by atoms with Crippen molar-refractivity contribution in [3.05, 3.63) is 77.4 Å². The number of aromatic nitrogens is 3. The molecule has 0 atom stereocenters. The molecular formula is C21H24N4O. The highest BCUT2D eigenvalue weighted by atomic mass is 16.1. The maximum absolute atomic E-state index is 12.9. The third-order valence-electron chi connectivity index (χ3n) is 4.22. The summed E-state index contributed by atoms with van der Waals surface area (Å²) in [4.78, 5) is 16.9. The van der Waals surface area contributed by atoms with E-state index in [4.69, 9.17) is 5.10 Å². The summed E-state index contributed by atoms with van der Waals surface area (Å²) in [7, 11) is 0. The smallest absolute Gasteiger partial charge is 0.255 e. The van der Waals surface area contributed by atoms with Crippen LogP contribution in [0.4, 0.5) is 0 Å².